The molecular formula is C16H24NO6P. The van der Waals surface area contributed by atoms with Gasteiger partial charge in [0.25, 0.3) is 0 Å². The first kappa shape index (κ1) is 20.4. The third kappa shape index (κ3) is 7.73. The number of carbonyl (C=O) groups excluding carboxylic acids is 2. The van der Waals surface area contributed by atoms with E-state index in [1.807, 2.05) is 18.2 Å². The van der Waals surface area contributed by atoms with Gasteiger partial charge in [-0.2, -0.15) is 0 Å². The lowest BCUT2D eigenvalue weighted by atomic mass is 10.1. The van der Waals surface area contributed by atoms with Crippen molar-refractivity contribution >= 4 is 19.5 Å². The highest BCUT2D eigenvalue weighted by molar-refractivity contribution is 7.52. The van der Waals surface area contributed by atoms with Crippen molar-refractivity contribution in [1.29, 1.82) is 0 Å². The van der Waals surface area contributed by atoms with Crippen LogP contribution in [0, 0.1) is 0 Å². The van der Waals surface area contributed by atoms with Gasteiger partial charge in [-0.15, -0.1) is 0 Å². The lowest BCUT2D eigenvalue weighted by Gasteiger charge is -2.20. The van der Waals surface area contributed by atoms with Crippen molar-refractivity contribution in [3.63, 3.8) is 0 Å². The fraction of sp³-hybridized carbons (Fsp3) is 0.500. The molecule has 0 aliphatic heterocycles. The monoisotopic (exact) mass is 357 g/mol. The summed E-state index contributed by atoms with van der Waals surface area (Å²) >= 11 is 0. The predicted octanol–water partition coefficient (Wildman–Crippen LogP) is 1.89. The van der Waals surface area contributed by atoms with Crippen LogP contribution in [0.3, 0.4) is 0 Å². The largest absolute Gasteiger partial charge is 0.466 e. The predicted molar refractivity (Wildman–Crippen MR) is 89.6 cm³/mol. The second kappa shape index (κ2) is 10.2. The summed E-state index contributed by atoms with van der Waals surface area (Å²) in [6.07, 6.45) is -1.00. The zero-order valence-electron chi connectivity index (χ0n) is 13.9. The number of esters is 1. The topological polar surface area (TPSA) is 102 Å². The van der Waals surface area contributed by atoms with Crippen LogP contribution < -0.4 is 5.32 Å². The van der Waals surface area contributed by atoms with Gasteiger partial charge in [0, 0.05) is 19.1 Å². The van der Waals surface area contributed by atoms with Gasteiger partial charge in [-0.3, -0.25) is 18.7 Å². The van der Waals surface area contributed by atoms with E-state index in [0.717, 1.165) is 5.56 Å². The summed E-state index contributed by atoms with van der Waals surface area (Å²) in [5.41, 5.74) is 0.805. The highest BCUT2D eigenvalue weighted by Gasteiger charge is 2.28. The number of carbonyl (C=O) groups is 2. The van der Waals surface area contributed by atoms with Gasteiger partial charge in [0.2, 0.25) is 5.91 Å². The maximum atomic E-state index is 12.3. The van der Waals surface area contributed by atoms with Crippen LogP contribution in [0.15, 0.2) is 30.3 Å². The van der Waals surface area contributed by atoms with Crippen molar-refractivity contribution < 1.29 is 28.3 Å². The summed E-state index contributed by atoms with van der Waals surface area (Å²) in [4.78, 5) is 33.2. The van der Waals surface area contributed by atoms with E-state index in [9.17, 15) is 19.0 Å². The second-order valence-electron chi connectivity index (χ2n) is 5.08. The minimum Gasteiger partial charge on any atom is -0.466 e. The average Bonchev–Trinajstić information content (AvgIpc) is 2.55. The maximum Gasteiger partial charge on any atom is 0.328 e. The fourth-order valence-corrected chi connectivity index (χ4v) is 2.63. The van der Waals surface area contributed by atoms with Gasteiger partial charge in [0.05, 0.1) is 13.0 Å². The number of hydrogen-bond acceptors (Lipinski definition) is 5. The average molecular weight is 357 g/mol. The van der Waals surface area contributed by atoms with Crippen molar-refractivity contribution in [2.24, 2.45) is 0 Å². The first-order valence-corrected chi connectivity index (χ1v) is 9.61. The van der Waals surface area contributed by atoms with Gasteiger partial charge in [-0.25, -0.2) is 0 Å². The molecule has 1 amide bonds. The molecule has 0 spiro atoms. The number of ether oxygens (including phenoxy) is 1. The Bertz CT molecular complexity index is 577. The smallest absolute Gasteiger partial charge is 0.328 e. The van der Waals surface area contributed by atoms with Crippen LogP contribution in [0.1, 0.15) is 25.8 Å². The Hall–Kier alpha value is -1.69. The molecule has 1 unspecified atom stereocenters. The van der Waals surface area contributed by atoms with Gasteiger partial charge in [0.1, 0.15) is 6.10 Å². The molecule has 8 heteroatoms. The van der Waals surface area contributed by atoms with E-state index in [1.165, 1.54) is 6.92 Å². The van der Waals surface area contributed by atoms with Gasteiger partial charge in [-0.1, -0.05) is 37.3 Å². The van der Waals surface area contributed by atoms with Gasteiger partial charge >= 0.3 is 13.6 Å². The van der Waals surface area contributed by atoms with Crippen molar-refractivity contribution in [3.05, 3.63) is 35.9 Å². The molecule has 0 bridgehead atoms. The third-order valence-electron chi connectivity index (χ3n) is 3.18. The minimum atomic E-state index is -3.83. The van der Waals surface area contributed by atoms with E-state index in [1.54, 1.807) is 19.1 Å². The summed E-state index contributed by atoms with van der Waals surface area (Å²) in [6, 6.07) is 9.06. The van der Waals surface area contributed by atoms with E-state index in [4.69, 9.17) is 9.26 Å². The minimum absolute atomic E-state index is 0.0300. The molecule has 0 heterocycles. The number of nitrogens with one attached hydrogen (secondary N) is 1. The van der Waals surface area contributed by atoms with E-state index in [-0.39, 0.29) is 32.2 Å². The van der Waals surface area contributed by atoms with Crippen molar-refractivity contribution in [1.82, 2.24) is 5.32 Å². The van der Waals surface area contributed by atoms with Crippen LogP contribution in [0.25, 0.3) is 0 Å². The Morgan fingerprint density at radius 1 is 1.25 bits per heavy atom. The highest BCUT2D eigenvalue weighted by atomic mass is 31.2. The zero-order chi connectivity index (χ0) is 18.0. The Morgan fingerprint density at radius 2 is 1.92 bits per heavy atom. The molecule has 24 heavy (non-hydrogen) atoms. The van der Waals surface area contributed by atoms with E-state index in [0.29, 0.717) is 0 Å². The summed E-state index contributed by atoms with van der Waals surface area (Å²) in [6.45, 7) is 3.56. The second-order valence-corrected chi connectivity index (χ2v) is 7.20. The van der Waals surface area contributed by atoms with Crippen molar-refractivity contribution in [2.45, 2.75) is 32.8 Å². The normalized spacial score (nSPS) is 14.5. The SMILES string of the molecule is CCOC(=O)CCNC(=O)[C@H](Cc1ccccc1)OP(=O)(O)CC. The van der Waals surface area contributed by atoms with Crippen LogP contribution in [0.5, 0.6) is 0 Å². The lowest BCUT2D eigenvalue weighted by Crippen LogP contribution is -2.38. The standard InChI is InChI=1S/C16H24NO6P/c1-3-22-15(18)10-11-17-16(19)14(23-24(20,21)4-2)12-13-8-6-5-7-9-13/h5-9,14H,3-4,10-12H2,1-2H3,(H,17,19)(H,20,21)/t14-/m0/s1. The molecular weight excluding hydrogens is 333 g/mol. The molecule has 0 saturated carbocycles. The zero-order valence-corrected chi connectivity index (χ0v) is 14.8. The molecule has 134 valence electrons. The van der Waals surface area contributed by atoms with Gasteiger partial charge in [-0.05, 0) is 12.5 Å². The van der Waals surface area contributed by atoms with Crippen LogP contribution in [0.2, 0.25) is 0 Å². The molecule has 2 atom stereocenters. The Morgan fingerprint density at radius 3 is 2.50 bits per heavy atom. The van der Waals surface area contributed by atoms with Gasteiger partial charge in [0.15, 0.2) is 0 Å². The Labute approximate surface area is 141 Å². The maximum absolute atomic E-state index is 12.3. The summed E-state index contributed by atoms with van der Waals surface area (Å²) in [5.74, 6) is -0.953. The van der Waals surface area contributed by atoms with E-state index in [2.05, 4.69) is 5.32 Å². The summed E-state index contributed by atoms with van der Waals surface area (Å²) < 4.78 is 21.7. The number of rotatable bonds is 10. The molecule has 1 rings (SSSR count). The van der Waals surface area contributed by atoms with Crippen LogP contribution in [-0.4, -0.2) is 42.2 Å². The number of benzene rings is 1. The first-order chi connectivity index (χ1) is 11.4. The lowest BCUT2D eigenvalue weighted by molar-refractivity contribution is -0.143. The van der Waals surface area contributed by atoms with Crippen LogP contribution in [-0.2, 0) is 29.8 Å². The number of hydrogen-bond donors (Lipinski definition) is 2. The summed E-state index contributed by atoms with van der Waals surface area (Å²) in [7, 11) is -3.83. The fourth-order valence-electron chi connectivity index (χ4n) is 1.91. The van der Waals surface area contributed by atoms with Crippen molar-refractivity contribution in [2.75, 3.05) is 19.3 Å². The van der Waals surface area contributed by atoms with Crippen LogP contribution >= 0.6 is 7.60 Å². The van der Waals surface area contributed by atoms with E-state index < -0.39 is 25.6 Å². The number of amides is 1. The molecule has 1 aromatic rings. The Kier molecular flexibility index (Phi) is 8.68. The molecule has 0 aliphatic rings. The quantitative estimate of drug-likeness (QED) is 0.490. The molecule has 2 N–H and O–H groups in total. The molecule has 0 aliphatic carbocycles. The molecule has 0 fully saturated rings. The van der Waals surface area contributed by atoms with E-state index >= 15 is 0 Å². The third-order valence-corrected chi connectivity index (χ3v) is 4.56. The van der Waals surface area contributed by atoms with Crippen molar-refractivity contribution in [3.8, 4) is 0 Å². The highest BCUT2D eigenvalue weighted by Crippen LogP contribution is 2.43. The first-order valence-electron chi connectivity index (χ1n) is 7.85. The van der Waals surface area contributed by atoms with Crippen LogP contribution in [0.4, 0.5) is 0 Å². The molecule has 0 radical (unpaired) electrons. The molecule has 7 nitrogen and oxygen atoms in total. The molecule has 0 saturated heterocycles. The van der Waals surface area contributed by atoms with Gasteiger partial charge < -0.3 is 14.9 Å². The molecule has 0 aromatic heterocycles. The summed E-state index contributed by atoms with van der Waals surface area (Å²) in [5, 5.41) is 2.54. The Balaban J connectivity index is 2.67. The molecule has 1 aromatic carbocycles.